The Labute approximate surface area is 214 Å². The maximum absolute atomic E-state index is 13.7. The molecule has 2 aromatic heterocycles. The molecule has 1 atom stereocenters. The Balaban J connectivity index is 1.69. The third-order valence-electron chi connectivity index (χ3n) is 5.85. The minimum Gasteiger partial charge on any atom is -0.451 e. The Morgan fingerprint density at radius 1 is 1.08 bits per heavy atom. The van der Waals surface area contributed by atoms with Crippen molar-refractivity contribution in [1.82, 2.24) is 20.3 Å². The van der Waals surface area contributed by atoms with Crippen LogP contribution in [0.4, 0.5) is 10.1 Å². The number of nitrogens with zero attached hydrogens (tertiary/aromatic N) is 4. The van der Waals surface area contributed by atoms with Crippen molar-refractivity contribution in [2.24, 2.45) is 0 Å². The zero-order chi connectivity index (χ0) is 26.4. The number of nitrogens with one attached hydrogen (secondary N) is 1. The van der Waals surface area contributed by atoms with Gasteiger partial charge in [0.1, 0.15) is 12.1 Å². The summed E-state index contributed by atoms with van der Waals surface area (Å²) in [5.41, 5.74) is 2.52. The third kappa shape index (κ3) is 6.24. The van der Waals surface area contributed by atoms with Gasteiger partial charge >= 0.3 is 0 Å². The molecule has 2 amide bonds. The largest absolute Gasteiger partial charge is 0.451 e. The second-order valence-corrected chi connectivity index (χ2v) is 9.55. The number of benzene rings is 2. The van der Waals surface area contributed by atoms with Crippen LogP contribution in [0.15, 0.2) is 84.2 Å². The molecular formula is C28H28FN5O3. The van der Waals surface area contributed by atoms with Crippen LogP contribution in [0.2, 0.25) is 0 Å². The standard InChI is InChI=1S/C28H28FN5O3/c1-28(2,3)20-7-9-22(10-8-20)34(27(36)24-17-37-18-33-24)25(23-16-30-13-14-31-23)26(35)32-12-11-19-5-4-6-21(29)15-19/h4-10,13-18,25H,11-12H2,1-3H3,(H,32,35). The van der Waals surface area contributed by atoms with Crippen LogP contribution in [0.25, 0.3) is 0 Å². The molecule has 4 rings (SSSR count). The van der Waals surface area contributed by atoms with Crippen LogP contribution in [0, 0.1) is 5.82 Å². The Morgan fingerprint density at radius 2 is 1.86 bits per heavy atom. The van der Waals surface area contributed by atoms with E-state index >= 15 is 0 Å². The number of carbonyl (C=O) groups excluding carboxylic acids is 2. The van der Waals surface area contributed by atoms with Gasteiger partial charge in [0.25, 0.3) is 5.91 Å². The second kappa shape index (κ2) is 11.1. The topological polar surface area (TPSA) is 101 Å². The smallest absolute Gasteiger partial charge is 0.281 e. The van der Waals surface area contributed by atoms with Gasteiger partial charge in [0.05, 0.1) is 11.9 Å². The van der Waals surface area contributed by atoms with E-state index in [9.17, 15) is 14.0 Å². The van der Waals surface area contributed by atoms with E-state index in [1.54, 1.807) is 24.3 Å². The molecule has 2 aromatic carbocycles. The highest BCUT2D eigenvalue weighted by Gasteiger charge is 2.35. The van der Waals surface area contributed by atoms with Gasteiger partial charge in [0.2, 0.25) is 5.91 Å². The molecule has 2 heterocycles. The zero-order valence-corrected chi connectivity index (χ0v) is 20.9. The molecule has 1 unspecified atom stereocenters. The average molecular weight is 502 g/mol. The van der Waals surface area contributed by atoms with Gasteiger partial charge in [-0.3, -0.25) is 24.5 Å². The van der Waals surface area contributed by atoms with Gasteiger partial charge in [-0.05, 0) is 47.2 Å². The average Bonchev–Trinajstić information content (AvgIpc) is 3.42. The summed E-state index contributed by atoms with van der Waals surface area (Å²) in [5, 5.41) is 2.87. The lowest BCUT2D eigenvalue weighted by atomic mass is 9.87. The number of hydrogen-bond acceptors (Lipinski definition) is 6. The molecule has 37 heavy (non-hydrogen) atoms. The molecule has 0 saturated heterocycles. The number of aromatic nitrogens is 3. The van der Waals surface area contributed by atoms with Crippen molar-refractivity contribution in [2.75, 3.05) is 11.4 Å². The van der Waals surface area contributed by atoms with Gasteiger partial charge in [0.15, 0.2) is 18.1 Å². The fraction of sp³-hybridized carbons (Fsp3) is 0.250. The maximum Gasteiger partial charge on any atom is 0.281 e. The SMILES string of the molecule is CC(C)(C)c1ccc(N(C(=O)c2cocn2)C(C(=O)NCCc2cccc(F)c2)c2cnccn2)cc1. The molecule has 0 aliphatic heterocycles. The number of anilines is 1. The van der Waals surface area contributed by atoms with Crippen LogP contribution in [0.3, 0.4) is 0 Å². The van der Waals surface area contributed by atoms with Crippen molar-refractivity contribution >= 4 is 17.5 Å². The normalized spacial score (nSPS) is 12.1. The summed E-state index contributed by atoms with van der Waals surface area (Å²) in [6.07, 6.45) is 7.20. The van der Waals surface area contributed by atoms with E-state index in [0.717, 1.165) is 17.5 Å². The molecule has 4 aromatic rings. The van der Waals surface area contributed by atoms with Crippen LogP contribution in [-0.4, -0.2) is 33.3 Å². The van der Waals surface area contributed by atoms with E-state index in [1.165, 1.54) is 41.9 Å². The number of rotatable bonds is 8. The van der Waals surface area contributed by atoms with Gasteiger partial charge < -0.3 is 9.73 Å². The highest BCUT2D eigenvalue weighted by molar-refractivity contribution is 6.08. The number of hydrogen-bond donors (Lipinski definition) is 1. The summed E-state index contributed by atoms with van der Waals surface area (Å²) in [6, 6.07) is 12.5. The van der Waals surface area contributed by atoms with Crippen molar-refractivity contribution in [3.8, 4) is 0 Å². The van der Waals surface area contributed by atoms with Crippen LogP contribution in [0.5, 0.6) is 0 Å². The number of carbonyl (C=O) groups is 2. The summed E-state index contributed by atoms with van der Waals surface area (Å²) >= 11 is 0. The molecule has 0 bridgehead atoms. The molecule has 0 aliphatic carbocycles. The number of oxazole rings is 1. The van der Waals surface area contributed by atoms with Crippen LogP contribution in [-0.2, 0) is 16.6 Å². The molecule has 0 spiro atoms. The summed E-state index contributed by atoms with van der Waals surface area (Å²) in [4.78, 5) is 41.1. The van der Waals surface area contributed by atoms with Crippen molar-refractivity contribution in [1.29, 1.82) is 0 Å². The fourth-order valence-corrected chi connectivity index (χ4v) is 3.90. The molecule has 1 N–H and O–H groups in total. The Morgan fingerprint density at radius 3 is 2.49 bits per heavy atom. The Hall–Kier alpha value is -4.40. The van der Waals surface area contributed by atoms with Crippen molar-refractivity contribution in [3.63, 3.8) is 0 Å². The minimum absolute atomic E-state index is 0.0429. The first-order valence-electron chi connectivity index (χ1n) is 11.8. The summed E-state index contributed by atoms with van der Waals surface area (Å²) in [5.74, 6) is -1.34. The molecule has 190 valence electrons. The first-order chi connectivity index (χ1) is 17.7. The fourth-order valence-electron chi connectivity index (χ4n) is 3.90. The lowest BCUT2D eigenvalue weighted by Crippen LogP contribution is -2.45. The molecule has 9 heteroatoms. The second-order valence-electron chi connectivity index (χ2n) is 9.55. The Kier molecular flexibility index (Phi) is 7.71. The van der Waals surface area contributed by atoms with E-state index in [1.807, 2.05) is 12.1 Å². The first-order valence-corrected chi connectivity index (χ1v) is 11.8. The predicted molar refractivity (Wildman–Crippen MR) is 136 cm³/mol. The van der Waals surface area contributed by atoms with Crippen molar-refractivity contribution in [3.05, 3.63) is 108 Å². The van der Waals surface area contributed by atoms with Gasteiger partial charge in [-0.2, -0.15) is 0 Å². The maximum atomic E-state index is 13.7. The van der Waals surface area contributed by atoms with Gasteiger partial charge in [-0.15, -0.1) is 0 Å². The van der Waals surface area contributed by atoms with E-state index < -0.39 is 17.9 Å². The zero-order valence-electron chi connectivity index (χ0n) is 20.9. The van der Waals surface area contributed by atoms with Crippen LogP contribution < -0.4 is 10.2 Å². The quantitative estimate of drug-likeness (QED) is 0.377. The van der Waals surface area contributed by atoms with Gasteiger partial charge in [-0.25, -0.2) is 9.37 Å². The van der Waals surface area contributed by atoms with E-state index in [0.29, 0.717) is 12.1 Å². The van der Waals surface area contributed by atoms with Crippen LogP contribution in [0.1, 0.15) is 54.1 Å². The van der Waals surface area contributed by atoms with Crippen molar-refractivity contribution < 1.29 is 18.4 Å². The lowest BCUT2D eigenvalue weighted by molar-refractivity contribution is -0.122. The van der Waals surface area contributed by atoms with Gasteiger partial charge in [0, 0.05) is 24.6 Å². The van der Waals surface area contributed by atoms with Gasteiger partial charge in [-0.1, -0.05) is 45.0 Å². The number of amides is 2. The summed E-state index contributed by atoms with van der Waals surface area (Å²) < 4.78 is 18.6. The molecular weight excluding hydrogens is 473 g/mol. The van der Waals surface area contributed by atoms with Crippen molar-refractivity contribution in [2.45, 2.75) is 38.6 Å². The summed E-state index contributed by atoms with van der Waals surface area (Å²) in [7, 11) is 0. The first kappa shape index (κ1) is 25.7. The van der Waals surface area contributed by atoms with E-state index in [2.05, 4.69) is 41.0 Å². The molecule has 0 fully saturated rings. The highest BCUT2D eigenvalue weighted by atomic mass is 19.1. The molecule has 0 aliphatic rings. The third-order valence-corrected chi connectivity index (χ3v) is 5.85. The van der Waals surface area contributed by atoms with Crippen LogP contribution >= 0.6 is 0 Å². The highest BCUT2D eigenvalue weighted by Crippen LogP contribution is 2.31. The number of halogens is 1. The summed E-state index contributed by atoms with van der Waals surface area (Å²) in [6.45, 7) is 6.51. The Bertz CT molecular complexity index is 1340. The molecule has 0 radical (unpaired) electrons. The van der Waals surface area contributed by atoms with E-state index in [-0.39, 0.29) is 29.2 Å². The minimum atomic E-state index is -1.15. The van der Waals surface area contributed by atoms with E-state index in [4.69, 9.17) is 4.42 Å². The predicted octanol–water partition coefficient (Wildman–Crippen LogP) is 4.65. The molecule has 0 saturated carbocycles. The molecule has 8 nitrogen and oxygen atoms in total. The monoisotopic (exact) mass is 501 g/mol. The lowest BCUT2D eigenvalue weighted by Gasteiger charge is -2.30.